The Bertz CT molecular complexity index is 995. The number of aliphatic carboxylic acids is 1. The van der Waals surface area contributed by atoms with E-state index in [2.05, 4.69) is 4.98 Å². The minimum atomic E-state index is -3.28. The van der Waals surface area contributed by atoms with E-state index in [9.17, 15) is 13.2 Å². The van der Waals surface area contributed by atoms with Gasteiger partial charge in [-0.2, -0.15) is 0 Å². The van der Waals surface area contributed by atoms with Crippen molar-refractivity contribution in [3.63, 3.8) is 0 Å². The quantitative estimate of drug-likeness (QED) is 0.766. The molecule has 3 rings (SSSR count). The van der Waals surface area contributed by atoms with Gasteiger partial charge in [-0.1, -0.05) is 18.2 Å². The molecule has 8 heteroatoms. The predicted octanol–water partition coefficient (Wildman–Crippen LogP) is 2.45. The predicted molar refractivity (Wildman–Crippen MR) is 92.3 cm³/mol. The highest BCUT2D eigenvalue weighted by Crippen LogP contribution is 2.26. The molecule has 0 bridgehead atoms. The molecule has 2 heterocycles. The first-order valence-electron chi connectivity index (χ1n) is 6.84. The van der Waals surface area contributed by atoms with E-state index in [4.69, 9.17) is 5.11 Å². The molecule has 0 amide bonds. The average Bonchev–Trinajstić information content (AvgIpc) is 2.85. The fourth-order valence-electron chi connectivity index (χ4n) is 2.45. The van der Waals surface area contributed by atoms with Crippen LogP contribution in [0.15, 0.2) is 53.6 Å². The zero-order chi connectivity index (χ0) is 16.6. The topological polar surface area (TPSA) is 88.7 Å². The van der Waals surface area contributed by atoms with Crippen molar-refractivity contribution < 1.29 is 18.3 Å². The van der Waals surface area contributed by atoms with Crippen molar-refractivity contribution in [1.82, 2.24) is 9.38 Å². The van der Waals surface area contributed by atoms with Gasteiger partial charge in [0.05, 0.1) is 22.7 Å². The summed E-state index contributed by atoms with van der Waals surface area (Å²) in [5.41, 5.74) is 2.42. The zero-order valence-corrected chi connectivity index (χ0v) is 14.3. The van der Waals surface area contributed by atoms with E-state index in [1.165, 1.54) is 12.1 Å². The summed E-state index contributed by atoms with van der Waals surface area (Å²) in [6.07, 6.45) is 2.73. The number of halogens is 1. The number of nitrogens with zero attached hydrogens (tertiary/aromatic N) is 2. The zero-order valence-electron chi connectivity index (χ0n) is 12.7. The SMILES string of the molecule is CS(=O)(=O)c1ccc(-c2nc3ccccn3c2CC(=O)O)cc1.Cl. The minimum Gasteiger partial charge on any atom is -0.481 e. The third-order valence-electron chi connectivity index (χ3n) is 3.50. The number of sulfone groups is 1. The van der Waals surface area contributed by atoms with Crippen LogP contribution in [0.5, 0.6) is 0 Å². The van der Waals surface area contributed by atoms with E-state index in [0.29, 0.717) is 22.6 Å². The van der Waals surface area contributed by atoms with Crippen LogP contribution in [0.4, 0.5) is 0 Å². The highest BCUT2D eigenvalue weighted by Gasteiger charge is 2.17. The van der Waals surface area contributed by atoms with Crippen LogP contribution < -0.4 is 0 Å². The molecule has 1 N–H and O–H groups in total. The Morgan fingerprint density at radius 2 is 1.83 bits per heavy atom. The number of rotatable bonds is 4. The number of carbonyl (C=O) groups is 1. The lowest BCUT2D eigenvalue weighted by molar-refractivity contribution is -0.136. The number of hydrogen-bond donors (Lipinski definition) is 1. The molecule has 0 aliphatic carbocycles. The van der Waals surface area contributed by atoms with E-state index in [0.717, 1.165) is 6.26 Å². The van der Waals surface area contributed by atoms with Crippen molar-refractivity contribution >= 4 is 33.9 Å². The van der Waals surface area contributed by atoms with Crippen LogP contribution >= 0.6 is 12.4 Å². The molecule has 0 aliphatic heterocycles. The van der Waals surface area contributed by atoms with Gasteiger partial charge in [-0.05, 0) is 24.3 Å². The molecule has 126 valence electrons. The first-order chi connectivity index (χ1) is 10.9. The molecule has 0 atom stereocenters. The lowest BCUT2D eigenvalue weighted by Crippen LogP contribution is -2.04. The molecule has 0 saturated carbocycles. The summed E-state index contributed by atoms with van der Waals surface area (Å²) in [6.45, 7) is 0. The van der Waals surface area contributed by atoms with E-state index in [-0.39, 0.29) is 23.7 Å². The Morgan fingerprint density at radius 1 is 1.17 bits per heavy atom. The molecule has 6 nitrogen and oxygen atoms in total. The standard InChI is InChI=1S/C16H14N2O4S.ClH/c1-23(21,22)12-7-5-11(6-8-12)16-13(10-15(19)20)18-9-3-2-4-14(18)17-16;/h2-9H,10H2,1H3,(H,19,20);1H. The van der Waals surface area contributed by atoms with Gasteiger partial charge < -0.3 is 9.51 Å². The number of hydrogen-bond acceptors (Lipinski definition) is 4. The fourth-order valence-corrected chi connectivity index (χ4v) is 3.08. The van der Waals surface area contributed by atoms with E-state index < -0.39 is 15.8 Å². The molecular weight excluding hydrogens is 352 g/mol. The van der Waals surface area contributed by atoms with Crippen molar-refractivity contribution in [1.29, 1.82) is 0 Å². The number of imidazole rings is 1. The average molecular weight is 367 g/mol. The van der Waals surface area contributed by atoms with Gasteiger partial charge in [-0.3, -0.25) is 4.79 Å². The van der Waals surface area contributed by atoms with Crippen LogP contribution in [0.2, 0.25) is 0 Å². The summed E-state index contributed by atoms with van der Waals surface area (Å²) >= 11 is 0. The van der Waals surface area contributed by atoms with Crippen LogP contribution in [-0.4, -0.2) is 35.1 Å². The number of pyridine rings is 1. The highest BCUT2D eigenvalue weighted by atomic mass is 35.5. The van der Waals surface area contributed by atoms with Crippen molar-refractivity contribution in [2.75, 3.05) is 6.26 Å². The normalized spacial score (nSPS) is 11.2. The van der Waals surface area contributed by atoms with Crippen molar-refractivity contribution in [2.45, 2.75) is 11.3 Å². The van der Waals surface area contributed by atoms with Crippen LogP contribution in [-0.2, 0) is 21.1 Å². The Kier molecular flexibility index (Phi) is 4.96. The first kappa shape index (κ1) is 18.0. The van der Waals surface area contributed by atoms with Gasteiger partial charge in [0.2, 0.25) is 0 Å². The van der Waals surface area contributed by atoms with Crippen molar-refractivity contribution in [2.24, 2.45) is 0 Å². The van der Waals surface area contributed by atoms with Gasteiger partial charge in [0, 0.05) is 18.0 Å². The largest absolute Gasteiger partial charge is 0.481 e. The third kappa shape index (κ3) is 3.42. The second-order valence-electron chi connectivity index (χ2n) is 5.20. The van der Waals surface area contributed by atoms with Gasteiger partial charge in [0.25, 0.3) is 0 Å². The van der Waals surface area contributed by atoms with E-state index in [1.54, 1.807) is 34.9 Å². The van der Waals surface area contributed by atoms with E-state index in [1.807, 2.05) is 6.07 Å². The van der Waals surface area contributed by atoms with E-state index >= 15 is 0 Å². The number of fused-ring (bicyclic) bond motifs is 1. The Hall–Kier alpha value is -2.38. The molecule has 2 aromatic heterocycles. The third-order valence-corrected chi connectivity index (χ3v) is 4.63. The number of carboxylic acids is 1. The Labute approximate surface area is 145 Å². The number of benzene rings is 1. The summed E-state index contributed by atoms with van der Waals surface area (Å²) in [6, 6.07) is 11.7. The number of carboxylic acid groups (broad SMARTS) is 1. The summed E-state index contributed by atoms with van der Waals surface area (Å²) < 4.78 is 24.8. The molecule has 0 radical (unpaired) electrons. The molecule has 3 aromatic rings. The maximum absolute atomic E-state index is 11.5. The Morgan fingerprint density at radius 3 is 2.42 bits per heavy atom. The molecule has 1 aromatic carbocycles. The minimum absolute atomic E-state index is 0. The highest BCUT2D eigenvalue weighted by molar-refractivity contribution is 7.90. The first-order valence-corrected chi connectivity index (χ1v) is 8.73. The van der Waals surface area contributed by atoms with Gasteiger partial charge >= 0.3 is 5.97 Å². The molecule has 0 spiro atoms. The lowest BCUT2D eigenvalue weighted by atomic mass is 10.1. The van der Waals surface area contributed by atoms with Crippen molar-refractivity contribution in [3.05, 3.63) is 54.4 Å². The van der Waals surface area contributed by atoms with Gasteiger partial charge in [0.15, 0.2) is 9.84 Å². The van der Waals surface area contributed by atoms with Crippen LogP contribution in [0, 0.1) is 0 Å². The van der Waals surface area contributed by atoms with Gasteiger partial charge in [-0.25, -0.2) is 13.4 Å². The number of aromatic nitrogens is 2. The molecule has 0 unspecified atom stereocenters. The molecular formula is C16H15ClN2O4S. The molecule has 0 saturated heterocycles. The molecule has 0 fully saturated rings. The van der Waals surface area contributed by atoms with Gasteiger partial charge in [0.1, 0.15) is 5.65 Å². The fraction of sp³-hybridized carbons (Fsp3) is 0.125. The second kappa shape index (κ2) is 6.62. The maximum Gasteiger partial charge on any atom is 0.309 e. The second-order valence-corrected chi connectivity index (χ2v) is 7.22. The van der Waals surface area contributed by atoms with Crippen LogP contribution in [0.3, 0.4) is 0 Å². The summed E-state index contributed by atoms with van der Waals surface area (Å²) in [4.78, 5) is 15.8. The maximum atomic E-state index is 11.5. The Balaban J connectivity index is 0.00000208. The summed E-state index contributed by atoms with van der Waals surface area (Å²) in [5.74, 6) is -0.954. The summed E-state index contributed by atoms with van der Waals surface area (Å²) in [5, 5.41) is 9.15. The van der Waals surface area contributed by atoms with Gasteiger partial charge in [-0.15, -0.1) is 12.4 Å². The smallest absolute Gasteiger partial charge is 0.309 e. The summed E-state index contributed by atoms with van der Waals surface area (Å²) in [7, 11) is -3.28. The van der Waals surface area contributed by atoms with Crippen molar-refractivity contribution in [3.8, 4) is 11.3 Å². The van der Waals surface area contributed by atoms with Crippen LogP contribution in [0.25, 0.3) is 16.9 Å². The lowest BCUT2D eigenvalue weighted by Gasteiger charge is -2.04. The molecule has 24 heavy (non-hydrogen) atoms. The monoisotopic (exact) mass is 366 g/mol. The van der Waals surface area contributed by atoms with Crippen LogP contribution in [0.1, 0.15) is 5.69 Å². The molecule has 0 aliphatic rings.